The topological polar surface area (TPSA) is 78.9 Å². The highest BCUT2D eigenvalue weighted by Crippen LogP contribution is 2.31. The number of hydrogen-bond acceptors (Lipinski definition) is 3. The monoisotopic (exact) mass is 323 g/mol. The Balaban J connectivity index is 3.08. The average molecular weight is 324 g/mol. The van der Waals surface area contributed by atoms with Crippen molar-refractivity contribution < 1.29 is 4.79 Å². The van der Waals surface area contributed by atoms with Gasteiger partial charge in [0, 0.05) is 10.0 Å². The summed E-state index contributed by atoms with van der Waals surface area (Å²) in [5, 5.41) is 11.8. The smallest absolute Gasteiger partial charge is 0.231 e. The molecule has 4 nitrogen and oxygen atoms in total. The molecule has 0 saturated heterocycles. The van der Waals surface area contributed by atoms with Crippen molar-refractivity contribution in [3.05, 3.63) is 28.2 Å². The van der Waals surface area contributed by atoms with Crippen molar-refractivity contribution in [3.8, 4) is 6.07 Å². The lowest BCUT2D eigenvalue weighted by Crippen LogP contribution is -2.53. The van der Waals surface area contributed by atoms with Gasteiger partial charge < -0.3 is 11.1 Å². The molecule has 1 rings (SSSR count). The van der Waals surface area contributed by atoms with Crippen molar-refractivity contribution >= 4 is 27.5 Å². The van der Waals surface area contributed by atoms with Gasteiger partial charge in [0.1, 0.15) is 6.07 Å². The minimum atomic E-state index is -0.762. The van der Waals surface area contributed by atoms with Crippen LogP contribution in [-0.2, 0) is 4.79 Å². The fraction of sp³-hybridized carbons (Fsp3) is 0.429. The molecule has 0 spiro atoms. The van der Waals surface area contributed by atoms with Gasteiger partial charge in [-0.05, 0) is 45.9 Å². The number of nitrogens with two attached hydrogens (primary N) is 1. The number of nitrogens with one attached hydrogen (secondary N) is 1. The third kappa shape index (κ3) is 3.34. The van der Waals surface area contributed by atoms with Crippen LogP contribution in [0.5, 0.6) is 0 Å². The third-order valence-electron chi connectivity index (χ3n) is 3.53. The Morgan fingerprint density at radius 2 is 1.95 bits per heavy atom. The van der Waals surface area contributed by atoms with Crippen LogP contribution < -0.4 is 11.1 Å². The van der Waals surface area contributed by atoms with Crippen LogP contribution in [0.15, 0.2) is 22.7 Å². The van der Waals surface area contributed by atoms with Crippen LogP contribution >= 0.6 is 15.9 Å². The van der Waals surface area contributed by atoms with E-state index in [2.05, 4.69) is 27.3 Å². The molecule has 1 aromatic carbocycles. The minimum Gasteiger partial charge on any atom is -0.325 e. The van der Waals surface area contributed by atoms with Crippen molar-refractivity contribution in [1.29, 1.82) is 5.26 Å². The summed E-state index contributed by atoms with van der Waals surface area (Å²) in [6, 6.07) is 7.17. The zero-order valence-corrected chi connectivity index (χ0v) is 13.1. The van der Waals surface area contributed by atoms with E-state index in [1.165, 1.54) is 0 Å². The molecule has 5 heteroatoms. The Labute approximate surface area is 122 Å². The second kappa shape index (κ2) is 5.32. The molecule has 1 aromatic rings. The maximum Gasteiger partial charge on any atom is 0.231 e. The quantitative estimate of drug-likeness (QED) is 0.897. The highest BCUT2D eigenvalue weighted by Gasteiger charge is 2.40. The highest BCUT2D eigenvalue weighted by atomic mass is 79.9. The zero-order chi connectivity index (χ0) is 14.8. The van der Waals surface area contributed by atoms with E-state index in [0.29, 0.717) is 11.3 Å². The summed E-state index contributed by atoms with van der Waals surface area (Å²) < 4.78 is 0.798. The van der Waals surface area contributed by atoms with Gasteiger partial charge in [0.05, 0.1) is 16.7 Å². The summed E-state index contributed by atoms with van der Waals surface area (Å²) in [5.41, 5.74) is 5.50. The molecule has 0 aliphatic heterocycles. The maximum absolute atomic E-state index is 12.3. The van der Waals surface area contributed by atoms with Crippen LogP contribution in [0, 0.1) is 16.7 Å². The normalized spacial score (nSPS) is 11.8. The molecule has 1 amide bonds. The first-order valence-corrected chi connectivity index (χ1v) is 6.69. The lowest BCUT2D eigenvalue weighted by Gasteiger charge is -2.36. The molecule has 0 aromatic heterocycles. The standard InChI is InChI=1S/C14H18BrN3O/c1-13(2,14(3,4)17)12(19)18-11-7-10(15)6-5-9(11)8-16/h5-7H,17H2,1-4H3,(H,18,19). The van der Waals surface area contributed by atoms with Crippen LogP contribution in [0.1, 0.15) is 33.3 Å². The molecular weight excluding hydrogens is 306 g/mol. The molecule has 102 valence electrons. The number of nitrogens with zero attached hydrogens (tertiary/aromatic N) is 1. The molecule has 19 heavy (non-hydrogen) atoms. The summed E-state index contributed by atoms with van der Waals surface area (Å²) >= 11 is 3.32. The zero-order valence-electron chi connectivity index (χ0n) is 11.5. The predicted octanol–water partition coefficient (Wildman–Crippen LogP) is 3.02. The second-order valence-electron chi connectivity index (χ2n) is 5.60. The van der Waals surface area contributed by atoms with Gasteiger partial charge in [-0.2, -0.15) is 5.26 Å². The van der Waals surface area contributed by atoms with E-state index in [1.807, 2.05) is 0 Å². The van der Waals surface area contributed by atoms with E-state index in [-0.39, 0.29) is 5.91 Å². The van der Waals surface area contributed by atoms with Crippen LogP contribution in [-0.4, -0.2) is 11.4 Å². The molecule has 0 atom stereocenters. The minimum absolute atomic E-state index is 0.213. The molecule has 3 N–H and O–H groups in total. The number of anilines is 1. The molecule has 0 saturated carbocycles. The van der Waals surface area contributed by atoms with E-state index >= 15 is 0 Å². The SMILES string of the molecule is CC(C)(N)C(C)(C)C(=O)Nc1cc(Br)ccc1C#N. The molecule has 0 aliphatic carbocycles. The Hall–Kier alpha value is -1.38. The van der Waals surface area contributed by atoms with Crippen LogP contribution in [0.2, 0.25) is 0 Å². The Morgan fingerprint density at radius 1 is 1.37 bits per heavy atom. The van der Waals surface area contributed by atoms with Gasteiger partial charge in [0.15, 0.2) is 0 Å². The van der Waals surface area contributed by atoms with Gasteiger partial charge in [0.2, 0.25) is 5.91 Å². The predicted molar refractivity (Wildman–Crippen MR) is 79.5 cm³/mol. The summed E-state index contributed by atoms with van der Waals surface area (Å²) in [6.07, 6.45) is 0. The molecular formula is C14H18BrN3O. The number of amides is 1. The number of benzene rings is 1. The average Bonchev–Trinajstić information content (AvgIpc) is 2.27. The van der Waals surface area contributed by atoms with E-state index < -0.39 is 11.0 Å². The van der Waals surface area contributed by atoms with Crippen LogP contribution in [0.4, 0.5) is 5.69 Å². The lowest BCUT2D eigenvalue weighted by atomic mass is 9.74. The molecule has 0 heterocycles. The van der Waals surface area contributed by atoms with Gasteiger partial charge in [-0.15, -0.1) is 0 Å². The Bertz CT molecular complexity index is 539. The largest absolute Gasteiger partial charge is 0.325 e. The van der Waals surface area contributed by atoms with Crippen molar-refractivity contribution in [3.63, 3.8) is 0 Å². The molecule has 0 fully saturated rings. The van der Waals surface area contributed by atoms with Gasteiger partial charge in [-0.1, -0.05) is 15.9 Å². The number of carbonyl (C=O) groups excluding carboxylic acids is 1. The summed E-state index contributed by atoms with van der Waals surface area (Å²) in [6.45, 7) is 7.18. The Kier molecular flexibility index (Phi) is 4.39. The van der Waals surface area contributed by atoms with E-state index in [1.54, 1.807) is 45.9 Å². The number of hydrogen-bond donors (Lipinski definition) is 2. The van der Waals surface area contributed by atoms with Crippen LogP contribution in [0.3, 0.4) is 0 Å². The first kappa shape index (κ1) is 15.7. The summed E-state index contributed by atoms with van der Waals surface area (Å²) in [7, 11) is 0. The van der Waals surface area contributed by atoms with E-state index in [0.717, 1.165) is 4.47 Å². The van der Waals surface area contributed by atoms with Crippen molar-refractivity contribution in [1.82, 2.24) is 0 Å². The van der Waals surface area contributed by atoms with E-state index in [9.17, 15) is 4.79 Å². The van der Waals surface area contributed by atoms with Gasteiger partial charge in [-0.3, -0.25) is 4.79 Å². The number of nitriles is 1. The number of halogens is 1. The molecule has 0 aliphatic rings. The Morgan fingerprint density at radius 3 is 2.42 bits per heavy atom. The lowest BCUT2D eigenvalue weighted by molar-refractivity contribution is -0.126. The van der Waals surface area contributed by atoms with E-state index in [4.69, 9.17) is 11.0 Å². The molecule has 0 radical (unpaired) electrons. The fourth-order valence-corrected chi connectivity index (χ4v) is 1.65. The maximum atomic E-state index is 12.3. The third-order valence-corrected chi connectivity index (χ3v) is 4.02. The van der Waals surface area contributed by atoms with Crippen molar-refractivity contribution in [2.75, 3.05) is 5.32 Å². The van der Waals surface area contributed by atoms with Gasteiger partial charge in [0.25, 0.3) is 0 Å². The fourth-order valence-electron chi connectivity index (χ4n) is 1.29. The highest BCUT2D eigenvalue weighted by molar-refractivity contribution is 9.10. The number of rotatable bonds is 3. The molecule has 0 unspecified atom stereocenters. The van der Waals surface area contributed by atoms with Crippen molar-refractivity contribution in [2.24, 2.45) is 11.1 Å². The first-order valence-electron chi connectivity index (χ1n) is 5.89. The van der Waals surface area contributed by atoms with Crippen LogP contribution in [0.25, 0.3) is 0 Å². The first-order chi connectivity index (χ1) is 8.59. The van der Waals surface area contributed by atoms with Gasteiger partial charge >= 0.3 is 0 Å². The van der Waals surface area contributed by atoms with Gasteiger partial charge in [-0.25, -0.2) is 0 Å². The molecule has 0 bridgehead atoms. The second-order valence-corrected chi connectivity index (χ2v) is 6.52. The van der Waals surface area contributed by atoms with Crippen molar-refractivity contribution in [2.45, 2.75) is 33.2 Å². The summed E-state index contributed by atoms with van der Waals surface area (Å²) in [5.74, 6) is -0.213. The number of carbonyl (C=O) groups is 1. The summed E-state index contributed by atoms with van der Waals surface area (Å²) in [4.78, 5) is 12.3.